The number of carbonyl (C=O) groups excluding carboxylic acids is 1. The van der Waals surface area contributed by atoms with Gasteiger partial charge in [0, 0.05) is 37.3 Å². The third-order valence-corrected chi connectivity index (χ3v) is 6.40. The molecule has 3 aliphatic heterocycles. The van der Waals surface area contributed by atoms with Crippen LogP contribution in [-0.2, 0) is 4.74 Å². The van der Waals surface area contributed by atoms with Gasteiger partial charge in [0.2, 0.25) is 5.95 Å². The van der Waals surface area contributed by atoms with E-state index in [1.165, 1.54) is 0 Å². The van der Waals surface area contributed by atoms with Crippen molar-refractivity contribution in [1.82, 2.24) is 15.3 Å². The average molecular weight is 368 g/mol. The third kappa shape index (κ3) is 2.64. The zero-order valence-corrected chi connectivity index (χ0v) is 15.6. The standard InChI is InChI=1S/C20H24N4O3/c1-12-8-14(13(2)26-12)18(25)23-9-15-16-10-24(19-21-6-3-7-22-19)11-20(16)5-4-17(15)27-20/h3,6-8,15-17H,4-5,9-11H2,1-2H3,(H,23,25)/t15-,16+,17+,20+/m0/s1. The number of nitrogens with zero attached hydrogens (tertiary/aromatic N) is 3. The highest BCUT2D eigenvalue weighted by Gasteiger charge is 2.63. The van der Waals surface area contributed by atoms with Crippen molar-refractivity contribution in [3.05, 3.63) is 41.6 Å². The summed E-state index contributed by atoms with van der Waals surface area (Å²) in [7, 11) is 0. The fraction of sp³-hybridized carbons (Fsp3) is 0.550. The van der Waals surface area contributed by atoms with Gasteiger partial charge in [-0.1, -0.05) is 0 Å². The Bertz CT molecular complexity index is 867. The SMILES string of the molecule is Cc1cc(C(=O)NC[C@H]2[C@H]3CN(c4ncccn4)C[C@]34CC[C@H]2O4)c(C)o1. The number of aryl methyl sites for hydroxylation is 2. The first-order chi connectivity index (χ1) is 13.1. The molecule has 3 aliphatic rings. The van der Waals surface area contributed by atoms with E-state index in [1.54, 1.807) is 18.5 Å². The van der Waals surface area contributed by atoms with Crippen molar-refractivity contribution >= 4 is 11.9 Å². The number of anilines is 1. The second-order valence-corrected chi connectivity index (χ2v) is 8.00. The summed E-state index contributed by atoms with van der Waals surface area (Å²) in [5.74, 6) is 2.84. The number of ether oxygens (including phenoxy) is 1. The first kappa shape index (κ1) is 16.7. The monoisotopic (exact) mass is 368 g/mol. The predicted molar refractivity (Wildman–Crippen MR) is 98.6 cm³/mol. The van der Waals surface area contributed by atoms with Crippen LogP contribution in [0, 0.1) is 25.7 Å². The van der Waals surface area contributed by atoms with Gasteiger partial charge >= 0.3 is 0 Å². The van der Waals surface area contributed by atoms with E-state index in [2.05, 4.69) is 20.2 Å². The fourth-order valence-corrected chi connectivity index (χ4v) is 5.23. The summed E-state index contributed by atoms with van der Waals surface area (Å²) < 4.78 is 11.9. The predicted octanol–water partition coefficient (Wildman–Crippen LogP) is 2.10. The molecule has 1 amide bonds. The van der Waals surface area contributed by atoms with Gasteiger partial charge in [0.25, 0.3) is 5.91 Å². The minimum absolute atomic E-state index is 0.0672. The van der Waals surface area contributed by atoms with E-state index in [0.29, 0.717) is 29.7 Å². The van der Waals surface area contributed by atoms with Gasteiger partial charge in [-0.15, -0.1) is 0 Å². The maximum atomic E-state index is 12.6. The molecule has 4 atom stereocenters. The molecule has 7 nitrogen and oxygen atoms in total. The van der Waals surface area contributed by atoms with Crippen LogP contribution in [-0.4, -0.2) is 47.2 Å². The highest BCUT2D eigenvalue weighted by molar-refractivity contribution is 5.95. The maximum Gasteiger partial charge on any atom is 0.254 e. The Morgan fingerprint density at radius 3 is 2.93 bits per heavy atom. The Morgan fingerprint density at radius 1 is 1.37 bits per heavy atom. The molecule has 3 fully saturated rings. The first-order valence-electron chi connectivity index (χ1n) is 9.61. The van der Waals surface area contributed by atoms with Crippen LogP contribution in [0.4, 0.5) is 5.95 Å². The van der Waals surface area contributed by atoms with Crippen molar-refractivity contribution in [3.63, 3.8) is 0 Å². The average Bonchev–Trinajstić information content (AvgIpc) is 3.39. The summed E-state index contributed by atoms with van der Waals surface area (Å²) in [6.45, 7) is 6.03. The van der Waals surface area contributed by atoms with E-state index in [1.807, 2.05) is 19.9 Å². The van der Waals surface area contributed by atoms with E-state index in [-0.39, 0.29) is 17.6 Å². The van der Waals surface area contributed by atoms with Crippen molar-refractivity contribution in [3.8, 4) is 0 Å². The number of hydrogen-bond donors (Lipinski definition) is 1. The Hall–Kier alpha value is -2.41. The molecule has 2 aromatic heterocycles. The summed E-state index contributed by atoms with van der Waals surface area (Å²) in [6.07, 6.45) is 5.93. The topological polar surface area (TPSA) is 80.5 Å². The molecule has 27 heavy (non-hydrogen) atoms. The van der Waals surface area contributed by atoms with Crippen molar-refractivity contribution in [1.29, 1.82) is 0 Å². The number of aromatic nitrogens is 2. The Balaban J connectivity index is 1.30. The molecule has 142 valence electrons. The number of hydrogen-bond acceptors (Lipinski definition) is 6. The fourth-order valence-electron chi connectivity index (χ4n) is 5.23. The summed E-state index contributed by atoms with van der Waals surface area (Å²) in [5.41, 5.74) is 0.513. The van der Waals surface area contributed by atoms with Gasteiger partial charge in [-0.2, -0.15) is 0 Å². The molecule has 7 heteroatoms. The van der Waals surface area contributed by atoms with Crippen LogP contribution in [0.1, 0.15) is 34.7 Å². The van der Waals surface area contributed by atoms with Crippen molar-refractivity contribution in [2.45, 2.75) is 38.4 Å². The number of amides is 1. The minimum Gasteiger partial charge on any atom is -0.466 e. The zero-order chi connectivity index (χ0) is 18.6. The van der Waals surface area contributed by atoms with Crippen molar-refractivity contribution < 1.29 is 13.9 Å². The summed E-state index contributed by atoms with van der Waals surface area (Å²) in [6, 6.07) is 3.63. The Labute approximate surface area is 158 Å². The quantitative estimate of drug-likeness (QED) is 0.890. The molecular weight excluding hydrogens is 344 g/mol. The van der Waals surface area contributed by atoms with Crippen LogP contribution in [0.25, 0.3) is 0 Å². The molecule has 2 bridgehead atoms. The first-order valence-corrected chi connectivity index (χ1v) is 9.61. The Kier molecular flexibility index (Phi) is 3.75. The highest BCUT2D eigenvalue weighted by Crippen LogP contribution is 2.54. The van der Waals surface area contributed by atoms with Crippen LogP contribution in [0.5, 0.6) is 0 Å². The van der Waals surface area contributed by atoms with Gasteiger partial charge in [-0.05, 0) is 38.8 Å². The van der Waals surface area contributed by atoms with E-state index < -0.39 is 0 Å². The molecule has 5 rings (SSSR count). The molecule has 0 saturated carbocycles. The van der Waals surface area contributed by atoms with Gasteiger partial charge < -0.3 is 19.4 Å². The molecule has 0 unspecified atom stereocenters. The van der Waals surface area contributed by atoms with Gasteiger partial charge in [-0.25, -0.2) is 9.97 Å². The normalized spacial score (nSPS) is 31.3. The number of nitrogens with one attached hydrogen (secondary N) is 1. The lowest BCUT2D eigenvalue weighted by Crippen LogP contribution is -2.41. The van der Waals surface area contributed by atoms with E-state index in [9.17, 15) is 4.79 Å². The number of furan rings is 1. The lowest BCUT2D eigenvalue weighted by molar-refractivity contribution is 0.0141. The minimum atomic E-state index is -0.110. The lowest BCUT2D eigenvalue weighted by Gasteiger charge is -2.29. The smallest absolute Gasteiger partial charge is 0.254 e. The molecule has 0 aliphatic carbocycles. The number of carbonyl (C=O) groups is 1. The molecule has 5 heterocycles. The zero-order valence-electron chi connectivity index (χ0n) is 15.6. The van der Waals surface area contributed by atoms with Gasteiger partial charge in [0.05, 0.1) is 23.8 Å². The Morgan fingerprint density at radius 2 is 2.19 bits per heavy atom. The van der Waals surface area contributed by atoms with Gasteiger partial charge in [-0.3, -0.25) is 4.79 Å². The third-order valence-electron chi connectivity index (χ3n) is 6.40. The molecule has 2 aromatic rings. The molecule has 3 saturated heterocycles. The van der Waals surface area contributed by atoms with E-state index in [0.717, 1.165) is 37.6 Å². The maximum absolute atomic E-state index is 12.6. The second kappa shape index (κ2) is 6.05. The van der Waals surface area contributed by atoms with Crippen LogP contribution >= 0.6 is 0 Å². The van der Waals surface area contributed by atoms with Crippen LogP contribution in [0.2, 0.25) is 0 Å². The number of fused-ring (bicyclic) bond motifs is 1. The number of rotatable bonds is 4. The van der Waals surface area contributed by atoms with E-state index in [4.69, 9.17) is 9.15 Å². The summed E-state index contributed by atoms with van der Waals surface area (Å²) in [5, 5.41) is 3.12. The van der Waals surface area contributed by atoms with Crippen LogP contribution in [0.3, 0.4) is 0 Å². The van der Waals surface area contributed by atoms with Crippen molar-refractivity contribution in [2.24, 2.45) is 11.8 Å². The summed E-state index contributed by atoms with van der Waals surface area (Å²) >= 11 is 0. The molecule has 1 N–H and O–H groups in total. The van der Waals surface area contributed by atoms with Crippen LogP contribution < -0.4 is 10.2 Å². The summed E-state index contributed by atoms with van der Waals surface area (Å²) in [4.78, 5) is 23.6. The largest absolute Gasteiger partial charge is 0.466 e. The van der Waals surface area contributed by atoms with Crippen molar-refractivity contribution in [2.75, 3.05) is 24.5 Å². The van der Waals surface area contributed by atoms with E-state index >= 15 is 0 Å². The van der Waals surface area contributed by atoms with Gasteiger partial charge in [0.1, 0.15) is 11.5 Å². The molecule has 0 radical (unpaired) electrons. The second-order valence-electron chi connectivity index (χ2n) is 8.00. The molecule has 0 aromatic carbocycles. The lowest BCUT2D eigenvalue weighted by atomic mass is 9.73. The molecule has 1 spiro atoms. The molecular formula is C20H24N4O3. The van der Waals surface area contributed by atoms with Gasteiger partial charge in [0.15, 0.2) is 0 Å². The van der Waals surface area contributed by atoms with Crippen LogP contribution in [0.15, 0.2) is 28.9 Å². The highest BCUT2D eigenvalue weighted by atomic mass is 16.5.